The number of halogens is 1. The molecule has 1 aromatic carbocycles. The minimum absolute atomic E-state index is 0.669. The molecule has 0 amide bonds. The van der Waals surface area contributed by atoms with E-state index < -0.39 is 0 Å². The van der Waals surface area contributed by atoms with Gasteiger partial charge in [-0.25, -0.2) is 0 Å². The third-order valence-corrected chi connectivity index (χ3v) is 5.00. The molecule has 1 fully saturated rings. The SMILES string of the molecule is CN=C(NCCSC)NCC1CCN(c2ccc(Br)cc2)C1. The number of hydrogen-bond acceptors (Lipinski definition) is 3. The number of hydrogen-bond donors (Lipinski definition) is 2. The van der Waals surface area contributed by atoms with Gasteiger partial charge in [-0.2, -0.15) is 11.8 Å². The lowest BCUT2D eigenvalue weighted by molar-refractivity contribution is 0.566. The molecule has 1 aliphatic rings. The van der Waals surface area contributed by atoms with Crippen LogP contribution in [0, 0.1) is 5.92 Å². The van der Waals surface area contributed by atoms with Crippen LogP contribution in [0.4, 0.5) is 5.69 Å². The maximum atomic E-state index is 4.27. The van der Waals surface area contributed by atoms with Gasteiger partial charge in [0.05, 0.1) is 0 Å². The van der Waals surface area contributed by atoms with Crippen LogP contribution in [0.5, 0.6) is 0 Å². The maximum Gasteiger partial charge on any atom is 0.191 e. The standard InChI is InChI=1S/C16H25BrN4S/c1-18-16(19-8-10-22-2)20-11-13-7-9-21(12-13)15-5-3-14(17)4-6-15/h3-6,13H,7-12H2,1-2H3,(H2,18,19,20). The molecule has 0 bridgehead atoms. The van der Waals surface area contributed by atoms with Crippen molar-refractivity contribution >= 4 is 39.3 Å². The van der Waals surface area contributed by atoms with Gasteiger partial charge in [-0.15, -0.1) is 0 Å². The van der Waals surface area contributed by atoms with Gasteiger partial charge in [0.25, 0.3) is 0 Å². The van der Waals surface area contributed by atoms with Crippen molar-refractivity contribution < 1.29 is 0 Å². The first-order chi connectivity index (χ1) is 10.7. The Morgan fingerprint density at radius 3 is 2.82 bits per heavy atom. The molecule has 2 N–H and O–H groups in total. The second kappa shape index (κ2) is 9.30. The third kappa shape index (κ3) is 5.39. The number of anilines is 1. The summed E-state index contributed by atoms with van der Waals surface area (Å²) >= 11 is 5.33. The van der Waals surface area contributed by atoms with Gasteiger partial charge in [0.15, 0.2) is 5.96 Å². The van der Waals surface area contributed by atoms with E-state index in [1.165, 1.54) is 12.1 Å². The number of guanidine groups is 1. The van der Waals surface area contributed by atoms with Crippen LogP contribution in [0.3, 0.4) is 0 Å². The highest BCUT2D eigenvalue weighted by Gasteiger charge is 2.22. The van der Waals surface area contributed by atoms with Crippen molar-refractivity contribution in [3.05, 3.63) is 28.7 Å². The highest BCUT2D eigenvalue weighted by atomic mass is 79.9. The highest BCUT2D eigenvalue weighted by molar-refractivity contribution is 9.10. The van der Waals surface area contributed by atoms with Crippen LogP contribution in [0.1, 0.15) is 6.42 Å². The van der Waals surface area contributed by atoms with Crippen LogP contribution >= 0.6 is 27.7 Å². The summed E-state index contributed by atoms with van der Waals surface area (Å²) in [5.74, 6) is 2.68. The molecule has 0 saturated carbocycles. The Balaban J connectivity index is 1.75. The molecule has 1 saturated heterocycles. The average molecular weight is 385 g/mol. The molecule has 1 aromatic rings. The molecule has 1 atom stereocenters. The van der Waals surface area contributed by atoms with Crippen molar-refractivity contribution in [2.24, 2.45) is 10.9 Å². The minimum Gasteiger partial charge on any atom is -0.371 e. The van der Waals surface area contributed by atoms with E-state index in [-0.39, 0.29) is 0 Å². The van der Waals surface area contributed by atoms with Crippen LogP contribution < -0.4 is 15.5 Å². The monoisotopic (exact) mass is 384 g/mol. The van der Waals surface area contributed by atoms with Crippen molar-refractivity contribution in [3.63, 3.8) is 0 Å². The minimum atomic E-state index is 0.669. The second-order valence-electron chi connectivity index (χ2n) is 5.45. The lowest BCUT2D eigenvalue weighted by Gasteiger charge is -2.19. The Labute approximate surface area is 146 Å². The lowest BCUT2D eigenvalue weighted by atomic mass is 10.1. The smallest absolute Gasteiger partial charge is 0.191 e. The number of aliphatic imine (C=N–C) groups is 1. The second-order valence-corrected chi connectivity index (χ2v) is 7.35. The molecule has 22 heavy (non-hydrogen) atoms. The van der Waals surface area contributed by atoms with Crippen molar-refractivity contribution in [1.29, 1.82) is 0 Å². The molecule has 0 aliphatic carbocycles. The number of benzene rings is 1. The van der Waals surface area contributed by atoms with Crippen molar-refractivity contribution in [2.75, 3.05) is 50.1 Å². The molecule has 0 radical (unpaired) electrons. The Morgan fingerprint density at radius 1 is 1.36 bits per heavy atom. The largest absolute Gasteiger partial charge is 0.371 e. The van der Waals surface area contributed by atoms with Gasteiger partial charge in [-0.05, 0) is 42.9 Å². The van der Waals surface area contributed by atoms with E-state index in [2.05, 4.69) is 67.0 Å². The number of rotatable bonds is 6. The molecule has 0 aromatic heterocycles. The van der Waals surface area contributed by atoms with E-state index in [0.717, 1.165) is 42.4 Å². The molecular formula is C16H25BrN4S. The summed E-state index contributed by atoms with van der Waals surface area (Å²) in [6.07, 6.45) is 3.35. The zero-order chi connectivity index (χ0) is 15.8. The van der Waals surface area contributed by atoms with E-state index in [4.69, 9.17) is 0 Å². The summed E-state index contributed by atoms with van der Waals surface area (Å²) in [6.45, 7) is 4.17. The van der Waals surface area contributed by atoms with Gasteiger partial charge >= 0.3 is 0 Å². The van der Waals surface area contributed by atoms with Crippen molar-refractivity contribution in [1.82, 2.24) is 10.6 Å². The molecule has 1 aliphatic heterocycles. The van der Waals surface area contributed by atoms with Gasteiger partial charge in [0.1, 0.15) is 0 Å². The highest BCUT2D eigenvalue weighted by Crippen LogP contribution is 2.24. The van der Waals surface area contributed by atoms with Crippen LogP contribution in [-0.4, -0.2) is 51.2 Å². The van der Waals surface area contributed by atoms with E-state index in [9.17, 15) is 0 Å². The van der Waals surface area contributed by atoms with E-state index in [1.54, 1.807) is 0 Å². The zero-order valence-corrected chi connectivity index (χ0v) is 15.7. The number of nitrogens with zero attached hydrogens (tertiary/aromatic N) is 2. The van der Waals surface area contributed by atoms with Crippen LogP contribution in [-0.2, 0) is 0 Å². The van der Waals surface area contributed by atoms with Gasteiger partial charge in [0, 0.05) is 49.1 Å². The number of thioether (sulfide) groups is 1. The molecule has 4 nitrogen and oxygen atoms in total. The van der Waals surface area contributed by atoms with Crippen molar-refractivity contribution in [2.45, 2.75) is 6.42 Å². The molecule has 122 valence electrons. The van der Waals surface area contributed by atoms with E-state index >= 15 is 0 Å². The molecule has 6 heteroatoms. The number of nitrogens with one attached hydrogen (secondary N) is 2. The predicted octanol–water partition coefficient (Wildman–Crippen LogP) is 2.80. The van der Waals surface area contributed by atoms with Gasteiger partial charge in [0.2, 0.25) is 0 Å². The molecule has 0 spiro atoms. The Kier molecular flexibility index (Phi) is 7.39. The zero-order valence-electron chi connectivity index (χ0n) is 13.3. The van der Waals surface area contributed by atoms with Crippen LogP contribution in [0.15, 0.2) is 33.7 Å². The summed E-state index contributed by atoms with van der Waals surface area (Å²) in [7, 11) is 1.83. The fourth-order valence-electron chi connectivity index (χ4n) is 2.62. The molecule has 2 rings (SSSR count). The first-order valence-electron chi connectivity index (χ1n) is 7.67. The molecule has 1 unspecified atom stereocenters. The normalized spacial score (nSPS) is 18.6. The summed E-state index contributed by atoms with van der Waals surface area (Å²) in [5, 5.41) is 6.79. The van der Waals surface area contributed by atoms with Gasteiger partial charge in [-0.3, -0.25) is 4.99 Å². The summed E-state index contributed by atoms with van der Waals surface area (Å²) in [4.78, 5) is 6.74. The third-order valence-electron chi connectivity index (χ3n) is 3.86. The Bertz CT molecular complexity index is 478. The first-order valence-corrected chi connectivity index (χ1v) is 9.85. The molecule has 1 heterocycles. The lowest BCUT2D eigenvalue weighted by Crippen LogP contribution is -2.41. The van der Waals surface area contributed by atoms with E-state index in [0.29, 0.717) is 5.92 Å². The topological polar surface area (TPSA) is 39.7 Å². The molecular weight excluding hydrogens is 360 g/mol. The van der Waals surface area contributed by atoms with Crippen LogP contribution in [0.25, 0.3) is 0 Å². The summed E-state index contributed by atoms with van der Waals surface area (Å²) < 4.78 is 1.13. The van der Waals surface area contributed by atoms with Crippen LogP contribution in [0.2, 0.25) is 0 Å². The summed E-state index contributed by atoms with van der Waals surface area (Å²) in [5.41, 5.74) is 1.31. The quantitative estimate of drug-likeness (QED) is 0.449. The van der Waals surface area contributed by atoms with Gasteiger partial charge < -0.3 is 15.5 Å². The fourth-order valence-corrected chi connectivity index (χ4v) is 3.19. The van der Waals surface area contributed by atoms with E-state index in [1.807, 2.05) is 18.8 Å². The first kappa shape index (κ1) is 17.5. The predicted molar refractivity (Wildman–Crippen MR) is 102 cm³/mol. The fraction of sp³-hybridized carbons (Fsp3) is 0.562. The Hall–Kier alpha value is -0.880. The Morgan fingerprint density at radius 2 is 2.14 bits per heavy atom. The summed E-state index contributed by atoms with van der Waals surface area (Å²) in [6, 6.07) is 8.59. The maximum absolute atomic E-state index is 4.27. The van der Waals surface area contributed by atoms with Crippen molar-refractivity contribution in [3.8, 4) is 0 Å². The van der Waals surface area contributed by atoms with Gasteiger partial charge in [-0.1, -0.05) is 15.9 Å². The average Bonchev–Trinajstić information content (AvgIpc) is 3.00.